The van der Waals surface area contributed by atoms with Crippen LogP contribution in [0.1, 0.15) is 12.0 Å². The molecule has 0 saturated carbocycles. The molecular formula is C14H21NO3. The predicted molar refractivity (Wildman–Crippen MR) is 72.1 cm³/mol. The van der Waals surface area contributed by atoms with Crippen LogP contribution < -0.4 is 14.8 Å². The third kappa shape index (κ3) is 4.39. The largest absolute Gasteiger partial charge is 0.493 e. The Bertz CT molecular complexity index is 366. The summed E-state index contributed by atoms with van der Waals surface area (Å²) in [5, 5.41) is 12.0. The first kappa shape index (κ1) is 14.5. The lowest BCUT2D eigenvalue weighted by atomic mass is 10.2. The zero-order valence-electron chi connectivity index (χ0n) is 10.8. The summed E-state index contributed by atoms with van der Waals surface area (Å²) in [5.41, 5.74) is 1.04. The molecule has 0 aliphatic carbocycles. The summed E-state index contributed by atoms with van der Waals surface area (Å²) in [6.45, 7) is 5.74. The first-order chi connectivity index (χ1) is 8.83. The minimum atomic E-state index is 0.199. The Labute approximate surface area is 108 Å². The molecule has 0 fully saturated rings. The minimum absolute atomic E-state index is 0.199. The second-order valence-electron chi connectivity index (χ2n) is 3.80. The number of hydrogen-bond acceptors (Lipinski definition) is 4. The highest BCUT2D eigenvalue weighted by molar-refractivity contribution is 5.46. The molecule has 100 valence electrons. The van der Waals surface area contributed by atoms with E-state index in [2.05, 4.69) is 11.9 Å². The van der Waals surface area contributed by atoms with E-state index in [1.807, 2.05) is 18.2 Å². The summed E-state index contributed by atoms with van der Waals surface area (Å²) in [6, 6.07) is 5.80. The SMILES string of the molecule is C=CCOc1c(CNCCCO)cccc1OC. The number of hydrogen-bond donors (Lipinski definition) is 2. The summed E-state index contributed by atoms with van der Waals surface area (Å²) >= 11 is 0. The fourth-order valence-corrected chi connectivity index (χ4v) is 1.59. The zero-order valence-corrected chi connectivity index (χ0v) is 10.8. The number of aliphatic hydroxyl groups excluding tert-OH is 1. The summed E-state index contributed by atoms with van der Waals surface area (Å²) in [5.74, 6) is 1.47. The molecule has 0 saturated heterocycles. The van der Waals surface area contributed by atoms with Gasteiger partial charge >= 0.3 is 0 Å². The summed E-state index contributed by atoms with van der Waals surface area (Å²) in [4.78, 5) is 0. The van der Waals surface area contributed by atoms with Crippen LogP contribution in [0, 0.1) is 0 Å². The van der Waals surface area contributed by atoms with Crippen LogP contribution in [0.3, 0.4) is 0 Å². The van der Waals surface area contributed by atoms with Crippen molar-refractivity contribution in [3.05, 3.63) is 36.4 Å². The van der Waals surface area contributed by atoms with Gasteiger partial charge < -0.3 is 19.9 Å². The number of nitrogens with one attached hydrogen (secondary N) is 1. The molecule has 4 nitrogen and oxygen atoms in total. The number of methoxy groups -OCH3 is 1. The van der Waals surface area contributed by atoms with E-state index in [0.29, 0.717) is 13.2 Å². The Morgan fingerprint density at radius 1 is 1.44 bits per heavy atom. The van der Waals surface area contributed by atoms with Gasteiger partial charge in [-0.25, -0.2) is 0 Å². The average molecular weight is 251 g/mol. The zero-order chi connectivity index (χ0) is 13.2. The van der Waals surface area contributed by atoms with Crippen molar-refractivity contribution in [1.82, 2.24) is 5.32 Å². The standard InChI is InChI=1S/C14H21NO3/c1-3-10-18-14-12(11-15-8-5-9-16)6-4-7-13(14)17-2/h3-4,6-7,15-16H,1,5,8-11H2,2H3. The Kier molecular flexibility index (Phi) is 6.91. The van der Waals surface area contributed by atoms with Crippen molar-refractivity contribution in [3.63, 3.8) is 0 Å². The average Bonchev–Trinajstić information content (AvgIpc) is 2.41. The monoisotopic (exact) mass is 251 g/mol. The Hall–Kier alpha value is -1.52. The van der Waals surface area contributed by atoms with E-state index in [9.17, 15) is 0 Å². The van der Waals surface area contributed by atoms with Crippen LogP contribution >= 0.6 is 0 Å². The van der Waals surface area contributed by atoms with E-state index in [4.69, 9.17) is 14.6 Å². The first-order valence-electron chi connectivity index (χ1n) is 6.04. The van der Waals surface area contributed by atoms with Crippen molar-refractivity contribution < 1.29 is 14.6 Å². The number of rotatable bonds is 9. The third-order valence-electron chi connectivity index (χ3n) is 2.45. The molecule has 4 heteroatoms. The molecule has 0 amide bonds. The Balaban J connectivity index is 2.71. The van der Waals surface area contributed by atoms with Gasteiger partial charge in [-0.2, -0.15) is 0 Å². The number of para-hydroxylation sites is 1. The third-order valence-corrected chi connectivity index (χ3v) is 2.45. The van der Waals surface area contributed by atoms with E-state index in [1.165, 1.54) is 0 Å². The van der Waals surface area contributed by atoms with Crippen molar-refractivity contribution in [2.45, 2.75) is 13.0 Å². The summed E-state index contributed by atoms with van der Waals surface area (Å²) < 4.78 is 10.9. The van der Waals surface area contributed by atoms with Crippen molar-refractivity contribution >= 4 is 0 Å². The van der Waals surface area contributed by atoms with Crippen LogP contribution in [0.25, 0.3) is 0 Å². The van der Waals surface area contributed by atoms with Gasteiger partial charge in [-0.05, 0) is 19.0 Å². The molecular weight excluding hydrogens is 230 g/mol. The van der Waals surface area contributed by atoms with Gasteiger partial charge in [0.2, 0.25) is 0 Å². The molecule has 0 aliphatic heterocycles. The second-order valence-corrected chi connectivity index (χ2v) is 3.80. The van der Waals surface area contributed by atoms with Gasteiger partial charge in [0.15, 0.2) is 11.5 Å². The summed E-state index contributed by atoms with van der Waals surface area (Å²) in [6.07, 6.45) is 2.45. The van der Waals surface area contributed by atoms with Gasteiger partial charge in [0.05, 0.1) is 7.11 Å². The van der Waals surface area contributed by atoms with Crippen LogP contribution in [0.4, 0.5) is 0 Å². The first-order valence-corrected chi connectivity index (χ1v) is 6.04. The number of aliphatic hydroxyl groups is 1. The molecule has 18 heavy (non-hydrogen) atoms. The van der Waals surface area contributed by atoms with E-state index in [1.54, 1.807) is 13.2 Å². The summed E-state index contributed by atoms with van der Waals surface area (Å²) in [7, 11) is 1.62. The van der Waals surface area contributed by atoms with E-state index in [0.717, 1.165) is 30.0 Å². The van der Waals surface area contributed by atoms with E-state index in [-0.39, 0.29) is 6.61 Å². The van der Waals surface area contributed by atoms with Crippen LogP contribution in [0.15, 0.2) is 30.9 Å². The highest BCUT2D eigenvalue weighted by Gasteiger charge is 2.09. The molecule has 0 aliphatic rings. The van der Waals surface area contributed by atoms with Gasteiger partial charge in [0.1, 0.15) is 6.61 Å². The van der Waals surface area contributed by atoms with E-state index < -0.39 is 0 Å². The van der Waals surface area contributed by atoms with Crippen LogP contribution in [0.2, 0.25) is 0 Å². The molecule has 1 rings (SSSR count). The lowest BCUT2D eigenvalue weighted by molar-refractivity contribution is 0.285. The molecule has 0 unspecified atom stereocenters. The molecule has 2 N–H and O–H groups in total. The Morgan fingerprint density at radius 3 is 2.94 bits per heavy atom. The van der Waals surface area contributed by atoms with Gasteiger partial charge in [-0.1, -0.05) is 24.8 Å². The maximum absolute atomic E-state index is 8.72. The van der Waals surface area contributed by atoms with Gasteiger partial charge in [-0.15, -0.1) is 0 Å². The molecule has 1 aromatic rings. The highest BCUT2D eigenvalue weighted by Crippen LogP contribution is 2.30. The van der Waals surface area contributed by atoms with Gasteiger partial charge in [0, 0.05) is 18.7 Å². The molecule has 0 spiro atoms. The predicted octanol–water partition coefficient (Wildman–Crippen LogP) is 1.73. The quantitative estimate of drug-likeness (QED) is 0.518. The van der Waals surface area contributed by atoms with Crippen LogP contribution in [-0.4, -0.2) is 32.0 Å². The topological polar surface area (TPSA) is 50.7 Å². The lowest BCUT2D eigenvalue weighted by Crippen LogP contribution is -2.16. The van der Waals surface area contributed by atoms with Crippen molar-refractivity contribution in [3.8, 4) is 11.5 Å². The normalized spacial score (nSPS) is 10.1. The molecule has 0 heterocycles. The molecule has 0 bridgehead atoms. The maximum atomic E-state index is 8.72. The van der Waals surface area contributed by atoms with Gasteiger partial charge in [-0.3, -0.25) is 0 Å². The fraction of sp³-hybridized carbons (Fsp3) is 0.429. The molecule has 0 aromatic heterocycles. The fourth-order valence-electron chi connectivity index (χ4n) is 1.59. The van der Waals surface area contributed by atoms with Crippen molar-refractivity contribution in [2.24, 2.45) is 0 Å². The van der Waals surface area contributed by atoms with Gasteiger partial charge in [0.25, 0.3) is 0 Å². The smallest absolute Gasteiger partial charge is 0.166 e. The molecule has 0 atom stereocenters. The minimum Gasteiger partial charge on any atom is -0.493 e. The van der Waals surface area contributed by atoms with Crippen molar-refractivity contribution in [2.75, 3.05) is 26.9 Å². The van der Waals surface area contributed by atoms with Crippen LogP contribution in [0.5, 0.6) is 11.5 Å². The molecule has 0 radical (unpaired) electrons. The molecule has 1 aromatic carbocycles. The number of benzene rings is 1. The van der Waals surface area contributed by atoms with Crippen LogP contribution in [-0.2, 0) is 6.54 Å². The van der Waals surface area contributed by atoms with E-state index >= 15 is 0 Å². The maximum Gasteiger partial charge on any atom is 0.166 e. The second kappa shape index (κ2) is 8.55. The number of ether oxygens (including phenoxy) is 2. The Morgan fingerprint density at radius 2 is 2.28 bits per heavy atom. The van der Waals surface area contributed by atoms with Crippen molar-refractivity contribution in [1.29, 1.82) is 0 Å². The highest BCUT2D eigenvalue weighted by atomic mass is 16.5. The lowest BCUT2D eigenvalue weighted by Gasteiger charge is -2.14.